The van der Waals surface area contributed by atoms with Crippen molar-refractivity contribution in [2.24, 2.45) is 11.1 Å². The molecule has 2 bridgehead atoms. The molecule has 0 N–H and O–H groups in total. The van der Waals surface area contributed by atoms with E-state index in [1.807, 2.05) is 0 Å². The van der Waals surface area contributed by atoms with E-state index in [9.17, 15) is 22.0 Å². The van der Waals surface area contributed by atoms with Gasteiger partial charge in [-0.3, -0.25) is 0 Å². The third-order valence-corrected chi connectivity index (χ3v) is 4.30. The number of rotatable bonds is 3. The van der Waals surface area contributed by atoms with E-state index in [0.717, 1.165) is 32.5 Å². The SMILES string of the molecule is C.Fc1cc(C(F)ON=C2CCN3CCCC2C3)c(F)c(F)c1F. The van der Waals surface area contributed by atoms with Gasteiger partial charge < -0.3 is 9.74 Å². The zero-order chi connectivity index (χ0) is 16.6. The number of benzene rings is 1. The standard InChI is InChI=1S/C15H15F5N2O.CH4/c16-10-6-9(12(17)14(19)13(10)18)15(20)23-21-11-3-5-22-4-1-2-8(11)7-22;/h6,8,15H,1-5,7H2;1H4. The van der Waals surface area contributed by atoms with Crippen molar-refractivity contribution >= 4 is 5.71 Å². The van der Waals surface area contributed by atoms with E-state index in [4.69, 9.17) is 0 Å². The molecule has 3 unspecified atom stereocenters. The fraction of sp³-hybridized carbons (Fsp3) is 0.562. The fourth-order valence-corrected chi connectivity index (χ4v) is 3.05. The van der Waals surface area contributed by atoms with Gasteiger partial charge in [0, 0.05) is 25.4 Å². The highest BCUT2D eigenvalue weighted by Gasteiger charge is 2.30. The van der Waals surface area contributed by atoms with Gasteiger partial charge in [0.2, 0.25) is 0 Å². The second-order valence-electron chi connectivity index (χ2n) is 5.78. The molecule has 8 heteroatoms. The molecule has 2 aliphatic heterocycles. The fourth-order valence-electron chi connectivity index (χ4n) is 3.05. The molecule has 3 nitrogen and oxygen atoms in total. The first-order valence-corrected chi connectivity index (χ1v) is 7.39. The largest absolute Gasteiger partial charge is 0.353 e. The molecule has 0 spiro atoms. The number of fused-ring (bicyclic) bond motifs is 2. The van der Waals surface area contributed by atoms with Crippen molar-refractivity contribution in [3.63, 3.8) is 0 Å². The molecular weight excluding hydrogens is 331 g/mol. The average Bonchev–Trinajstić information content (AvgIpc) is 2.55. The van der Waals surface area contributed by atoms with Crippen molar-refractivity contribution in [3.8, 4) is 0 Å². The zero-order valence-electron chi connectivity index (χ0n) is 12.2. The summed E-state index contributed by atoms with van der Waals surface area (Å²) in [5, 5.41) is 3.71. The first-order chi connectivity index (χ1) is 11.0. The summed E-state index contributed by atoms with van der Waals surface area (Å²) in [6.07, 6.45) is 0.00963. The van der Waals surface area contributed by atoms with Gasteiger partial charge in [-0.05, 0) is 25.5 Å². The van der Waals surface area contributed by atoms with Crippen molar-refractivity contribution in [1.29, 1.82) is 0 Å². The molecule has 3 rings (SSSR count). The molecule has 2 saturated heterocycles. The topological polar surface area (TPSA) is 24.8 Å². The molecule has 0 radical (unpaired) electrons. The number of hydrogen-bond donors (Lipinski definition) is 0. The molecule has 3 atom stereocenters. The smallest absolute Gasteiger partial charge is 0.292 e. The van der Waals surface area contributed by atoms with Crippen LogP contribution < -0.4 is 0 Å². The van der Waals surface area contributed by atoms with Crippen LogP contribution in [0.5, 0.6) is 0 Å². The van der Waals surface area contributed by atoms with Gasteiger partial charge in [-0.1, -0.05) is 12.6 Å². The van der Waals surface area contributed by atoms with E-state index in [1.165, 1.54) is 0 Å². The summed E-state index contributed by atoms with van der Waals surface area (Å²) >= 11 is 0. The highest BCUT2D eigenvalue weighted by atomic mass is 19.2. The van der Waals surface area contributed by atoms with Crippen LogP contribution in [0, 0.1) is 29.2 Å². The number of oxime groups is 1. The van der Waals surface area contributed by atoms with E-state index in [-0.39, 0.29) is 19.4 Å². The number of nitrogens with zero attached hydrogens (tertiary/aromatic N) is 2. The lowest BCUT2D eigenvalue weighted by atomic mass is 9.88. The van der Waals surface area contributed by atoms with E-state index in [2.05, 4.69) is 14.9 Å². The van der Waals surface area contributed by atoms with Crippen LogP contribution in [0.1, 0.15) is 38.6 Å². The zero-order valence-corrected chi connectivity index (χ0v) is 12.2. The molecule has 0 aromatic heterocycles. The third kappa shape index (κ3) is 3.53. The van der Waals surface area contributed by atoms with Crippen LogP contribution in [0.3, 0.4) is 0 Å². The lowest BCUT2D eigenvalue weighted by Gasteiger charge is -2.37. The minimum atomic E-state index is -2.51. The van der Waals surface area contributed by atoms with E-state index in [1.54, 1.807) is 0 Å². The minimum Gasteiger partial charge on any atom is -0.353 e. The van der Waals surface area contributed by atoms with E-state index in [0.29, 0.717) is 12.1 Å². The van der Waals surface area contributed by atoms with Gasteiger partial charge in [0.05, 0.1) is 11.3 Å². The Labute approximate surface area is 137 Å². The van der Waals surface area contributed by atoms with Gasteiger partial charge in [0.1, 0.15) is 0 Å². The summed E-state index contributed by atoms with van der Waals surface area (Å²) < 4.78 is 66.5. The Morgan fingerprint density at radius 3 is 2.62 bits per heavy atom. The molecule has 0 aliphatic carbocycles. The van der Waals surface area contributed by atoms with Gasteiger partial charge in [-0.15, -0.1) is 0 Å². The predicted octanol–water partition coefficient (Wildman–Crippen LogP) is 4.34. The van der Waals surface area contributed by atoms with E-state index < -0.39 is 35.2 Å². The summed E-state index contributed by atoms with van der Waals surface area (Å²) in [7, 11) is 0. The van der Waals surface area contributed by atoms with Crippen LogP contribution in [0.25, 0.3) is 0 Å². The summed E-state index contributed by atoms with van der Waals surface area (Å²) in [6, 6.07) is 0.238. The summed E-state index contributed by atoms with van der Waals surface area (Å²) in [5.41, 5.74) is -0.390. The highest BCUT2D eigenvalue weighted by molar-refractivity contribution is 5.87. The van der Waals surface area contributed by atoms with E-state index >= 15 is 0 Å². The third-order valence-electron chi connectivity index (χ3n) is 4.30. The van der Waals surface area contributed by atoms with Crippen LogP contribution in [-0.4, -0.2) is 30.2 Å². The quantitative estimate of drug-likeness (QED) is 0.351. The maximum atomic E-state index is 13.9. The first kappa shape index (κ1) is 18.6. The average molecular weight is 350 g/mol. The Kier molecular flexibility index (Phi) is 5.79. The van der Waals surface area contributed by atoms with Crippen molar-refractivity contribution in [1.82, 2.24) is 4.90 Å². The monoisotopic (exact) mass is 350 g/mol. The van der Waals surface area contributed by atoms with Crippen molar-refractivity contribution in [3.05, 3.63) is 34.9 Å². The summed E-state index contributed by atoms with van der Waals surface area (Å²) in [6.45, 7) is 2.62. The van der Waals surface area contributed by atoms with Gasteiger partial charge in [0.15, 0.2) is 23.3 Å². The van der Waals surface area contributed by atoms with Gasteiger partial charge in [0.25, 0.3) is 6.36 Å². The van der Waals surface area contributed by atoms with Crippen LogP contribution >= 0.6 is 0 Å². The molecule has 2 aliphatic rings. The van der Waals surface area contributed by atoms with Crippen molar-refractivity contribution < 1.29 is 26.8 Å². The van der Waals surface area contributed by atoms with Crippen molar-refractivity contribution in [2.45, 2.75) is 33.0 Å². The van der Waals surface area contributed by atoms with Gasteiger partial charge in [-0.2, -0.15) is 4.39 Å². The molecule has 134 valence electrons. The van der Waals surface area contributed by atoms with Crippen LogP contribution in [-0.2, 0) is 4.84 Å². The number of halogens is 5. The highest BCUT2D eigenvalue weighted by Crippen LogP contribution is 2.29. The maximum absolute atomic E-state index is 13.9. The van der Waals surface area contributed by atoms with Crippen LogP contribution in [0.15, 0.2) is 11.2 Å². The molecule has 0 saturated carbocycles. The molecule has 0 amide bonds. The Morgan fingerprint density at radius 2 is 1.88 bits per heavy atom. The molecule has 1 aromatic carbocycles. The number of hydrogen-bond acceptors (Lipinski definition) is 3. The Balaban J connectivity index is 0.00000208. The second kappa shape index (κ2) is 7.46. The Morgan fingerprint density at radius 1 is 1.12 bits per heavy atom. The first-order valence-electron chi connectivity index (χ1n) is 7.39. The molecule has 2 fully saturated rings. The van der Waals surface area contributed by atoms with Crippen molar-refractivity contribution in [2.75, 3.05) is 19.6 Å². The van der Waals surface area contributed by atoms with Crippen LogP contribution in [0.4, 0.5) is 22.0 Å². The molecule has 1 aromatic rings. The molecular formula is C16H19F5N2O. The van der Waals surface area contributed by atoms with Gasteiger partial charge >= 0.3 is 0 Å². The lowest BCUT2D eigenvalue weighted by molar-refractivity contribution is -0.0433. The molecule has 24 heavy (non-hydrogen) atoms. The summed E-state index contributed by atoms with van der Waals surface area (Å²) in [5.74, 6) is -7.41. The summed E-state index contributed by atoms with van der Waals surface area (Å²) in [4.78, 5) is 6.86. The number of piperidine rings is 2. The molecule has 2 heterocycles. The maximum Gasteiger partial charge on any atom is 0.292 e. The normalized spacial score (nSPS) is 26.0. The number of alkyl halides is 1. The Bertz CT molecular complexity index is 637. The second-order valence-corrected chi connectivity index (χ2v) is 5.78. The minimum absolute atomic E-state index is 0. The van der Waals surface area contributed by atoms with Gasteiger partial charge in [-0.25, -0.2) is 17.6 Å². The predicted molar refractivity (Wildman–Crippen MR) is 79.2 cm³/mol. The lowest BCUT2D eigenvalue weighted by Crippen LogP contribution is -2.45. The van der Waals surface area contributed by atoms with Crippen LogP contribution in [0.2, 0.25) is 0 Å². The Hall–Kier alpha value is -1.70.